The van der Waals surface area contributed by atoms with Crippen LogP contribution in [-0.2, 0) is 15.7 Å². The van der Waals surface area contributed by atoms with Gasteiger partial charge in [-0.2, -0.15) is 17.0 Å². The lowest BCUT2D eigenvalue weighted by molar-refractivity contribution is 0.584. The van der Waals surface area contributed by atoms with Crippen molar-refractivity contribution in [1.82, 2.24) is 0 Å². The van der Waals surface area contributed by atoms with Gasteiger partial charge in [-0.1, -0.05) is 6.07 Å². The minimum absolute atomic E-state index is 0.334. The van der Waals surface area contributed by atoms with Crippen molar-refractivity contribution in [2.45, 2.75) is 11.3 Å². The van der Waals surface area contributed by atoms with Crippen LogP contribution in [-0.4, -0.2) is 38.1 Å². The second-order valence-corrected chi connectivity index (χ2v) is 8.27. The molecule has 4 nitrogen and oxygen atoms in total. The Morgan fingerprint density at radius 1 is 1.55 bits per heavy atom. The van der Waals surface area contributed by atoms with Crippen LogP contribution in [0.1, 0.15) is 11.1 Å². The van der Waals surface area contributed by atoms with Crippen LogP contribution >= 0.6 is 23.4 Å². The zero-order valence-corrected chi connectivity index (χ0v) is 13.4. The summed E-state index contributed by atoms with van der Waals surface area (Å²) in [4.78, 5) is 1.82. The van der Waals surface area contributed by atoms with Crippen molar-refractivity contribution >= 4 is 38.9 Å². The predicted molar refractivity (Wildman–Crippen MR) is 84.0 cm³/mol. The van der Waals surface area contributed by atoms with E-state index in [4.69, 9.17) is 11.6 Å². The highest BCUT2D eigenvalue weighted by molar-refractivity contribution is 8.01. The molecule has 0 aliphatic carbocycles. The van der Waals surface area contributed by atoms with Crippen molar-refractivity contribution in [2.75, 3.05) is 29.2 Å². The molecule has 1 aromatic rings. The number of alkyl halides is 1. The van der Waals surface area contributed by atoms with Crippen LogP contribution in [0, 0.1) is 11.3 Å². The van der Waals surface area contributed by atoms with Crippen LogP contribution in [0.3, 0.4) is 0 Å². The molecule has 1 fully saturated rings. The number of rotatable bonds is 3. The molecular formula is C13H15ClN2O2S2. The quantitative estimate of drug-likeness (QED) is 0.795. The van der Waals surface area contributed by atoms with E-state index >= 15 is 0 Å². The number of benzene rings is 1. The monoisotopic (exact) mass is 330 g/mol. The third-order valence-corrected chi connectivity index (χ3v) is 6.18. The van der Waals surface area contributed by atoms with Crippen LogP contribution in [0.2, 0.25) is 0 Å². The highest BCUT2D eigenvalue weighted by Crippen LogP contribution is 2.30. The summed E-state index contributed by atoms with van der Waals surface area (Å²) in [6, 6.07) is 7.50. The molecule has 1 aliphatic heterocycles. The zero-order valence-electron chi connectivity index (χ0n) is 11.0. The summed E-state index contributed by atoms with van der Waals surface area (Å²) in [6.45, 7) is 0.622. The first kappa shape index (κ1) is 15.5. The Morgan fingerprint density at radius 2 is 2.30 bits per heavy atom. The number of nitriles is 1. The largest absolute Gasteiger partial charge is 0.352 e. The Hall–Kier alpha value is -0.900. The highest BCUT2D eigenvalue weighted by atomic mass is 35.5. The summed E-state index contributed by atoms with van der Waals surface area (Å²) in [5.41, 5.74) is 2.01. The van der Waals surface area contributed by atoms with Gasteiger partial charge in [0.1, 0.15) is 11.4 Å². The van der Waals surface area contributed by atoms with E-state index in [1.165, 1.54) is 6.26 Å². The topological polar surface area (TPSA) is 61.2 Å². The van der Waals surface area contributed by atoms with Crippen molar-refractivity contribution in [1.29, 1.82) is 5.26 Å². The number of thioether (sulfide) groups is 1. The third-order valence-electron chi connectivity index (χ3n) is 3.22. The van der Waals surface area contributed by atoms with Crippen LogP contribution in [0.15, 0.2) is 18.2 Å². The molecule has 0 radical (unpaired) electrons. The molecule has 20 heavy (non-hydrogen) atoms. The molecule has 108 valence electrons. The first-order chi connectivity index (χ1) is 9.47. The van der Waals surface area contributed by atoms with Gasteiger partial charge in [0, 0.05) is 30.2 Å². The Balaban J connectivity index is 2.45. The lowest BCUT2D eigenvalue weighted by Crippen LogP contribution is -2.47. The number of anilines is 1. The molecule has 0 bridgehead atoms. The molecule has 1 atom stereocenters. The molecule has 0 saturated carbocycles. The van der Waals surface area contributed by atoms with E-state index < -0.39 is 15.2 Å². The minimum Gasteiger partial charge on any atom is -0.352 e. The van der Waals surface area contributed by atoms with E-state index in [-0.39, 0.29) is 0 Å². The van der Waals surface area contributed by atoms with Gasteiger partial charge in [-0.15, -0.1) is 11.6 Å². The molecule has 1 saturated heterocycles. The Morgan fingerprint density at radius 3 is 2.90 bits per heavy atom. The van der Waals surface area contributed by atoms with Gasteiger partial charge in [0.05, 0.1) is 11.3 Å². The smallest absolute Gasteiger partial charge is 0.169 e. The molecule has 1 aromatic carbocycles. The van der Waals surface area contributed by atoms with Gasteiger partial charge in [0.25, 0.3) is 0 Å². The molecule has 1 heterocycles. The summed E-state index contributed by atoms with van der Waals surface area (Å²) in [7, 11) is -3.19. The highest BCUT2D eigenvalue weighted by Gasteiger charge is 2.32. The lowest BCUT2D eigenvalue weighted by atomic mass is 10.1. The zero-order chi connectivity index (χ0) is 14.8. The fourth-order valence-corrected chi connectivity index (χ4v) is 5.22. The van der Waals surface area contributed by atoms with Gasteiger partial charge in [-0.3, -0.25) is 0 Å². The van der Waals surface area contributed by atoms with Crippen LogP contribution in [0.5, 0.6) is 0 Å². The fraction of sp³-hybridized carbons (Fsp3) is 0.462. The Kier molecular flexibility index (Phi) is 4.84. The van der Waals surface area contributed by atoms with Crippen molar-refractivity contribution in [3.63, 3.8) is 0 Å². The molecule has 1 unspecified atom stereocenters. The number of halogens is 1. The maximum atomic E-state index is 11.9. The molecule has 2 rings (SSSR count). The first-order valence-electron chi connectivity index (χ1n) is 6.09. The summed E-state index contributed by atoms with van der Waals surface area (Å²) in [6.07, 6.45) is 1.25. The average molecular weight is 331 g/mol. The summed E-state index contributed by atoms with van der Waals surface area (Å²) in [5.74, 6) is 1.72. The van der Waals surface area contributed by atoms with Crippen molar-refractivity contribution in [3.05, 3.63) is 29.3 Å². The van der Waals surface area contributed by atoms with E-state index in [1.807, 2.05) is 11.0 Å². The summed E-state index contributed by atoms with van der Waals surface area (Å²) in [5, 5.41) is 8.71. The number of hydrogen-bond acceptors (Lipinski definition) is 5. The lowest BCUT2D eigenvalue weighted by Gasteiger charge is -2.36. The van der Waals surface area contributed by atoms with Gasteiger partial charge >= 0.3 is 0 Å². The van der Waals surface area contributed by atoms with Gasteiger partial charge in [0.2, 0.25) is 0 Å². The number of hydrogen-bond donors (Lipinski definition) is 0. The third kappa shape index (κ3) is 3.22. The second-order valence-electron chi connectivity index (χ2n) is 4.65. The Labute approximate surface area is 128 Å². The van der Waals surface area contributed by atoms with Gasteiger partial charge in [0.15, 0.2) is 9.84 Å². The van der Waals surface area contributed by atoms with Crippen LogP contribution < -0.4 is 4.90 Å². The summed E-state index contributed by atoms with van der Waals surface area (Å²) < 4.78 is 23.9. The van der Waals surface area contributed by atoms with Crippen LogP contribution in [0.25, 0.3) is 0 Å². The van der Waals surface area contributed by atoms with Gasteiger partial charge < -0.3 is 4.90 Å². The maximum Gasteiger partial charge on any atom is 0.169 e. The number of sulfone groups is 1. The fourth-order valence-electron chi connectivity index (χ4n) is 2.22. The van der Waals surface area contributed by atoms with E-state index in [9.17, 15) is 13.7 Å². The molecular weight excluding hydrogens is 316 g/mol. The standard InChI is InChI=1S/C13H15ClN2O2S2/c1-20(17,18)13-9-19-5-4-16(13)12-3-2-10(7-14)6-11(12)8-15/h2-3,6,13H,4-5,7,9H2,1H3. The van der Waals surface area contributed by atoms with E-state index in [2.05, 4.69) is 6.07 Å². The van der Waals surface area contributed by atoms with Crippen molar-refractivity contribution < 1.29 is 8.42 Å². The Bertz CT molecular complexity index is 640. The SMILES string of the molecule is CS(=O)(=O)C1CSCCN1c1ccc(CCl)cc1C#N. The summed E-state index contributed by atoms with van der Waals surface area (Å²) >= 11 is 7.40. The molecule has 1 aliphatic rings. The first-order valence-corrected chi connectivity index (χ1v) is 9.74. The molecule has 0 aromatic heterocycles. The molecule has 0 N–H and O–H groups in total. The van der Waals surface area contributed by atoms with E-state index in [0.717, 1.165) is 11.3 Å². The normalized spacial score (nSPS) is 19.6. The van der Waals surface area contributed by atoms with Crippen LogP contribution in [0.4, 0.5) is 5.69 Å². The van der Waals surface area contributed by atoms with E-state index in [1.54, 1.807) is 23.9 Å². The minimum atomic E-state index is -3.19. The van der Waals surface area contributed by atoms with Crippen molar-refractivity contribution in [2.24, 2.45) is 0 Å². The van der Waals surface area contributed by atoms with Crippen molar-refractivity contribution in [3.8, 4) is 6.07 Å². The van der Waals surface area contributed by atoms with Gasteiger partial charge in [-0.05, 0) is 17.7 Å². The average Bonchev–Trinajstić information content (AvgIpc) is 2.45. The predicted octanol–water partition coefficient (Wildman–Crippen LogP) is 2.22. The molecule has 0 spiro atoms. The molecule has 0 amide bonds. The molecule has 7 heteroatoms. The van der Waals surface area contributed by atoms with E-state index in [0.29, 0.717) is 29.4 Å². The maximum absolute atomic E-state index is 11.9. The number of nitrogens with zero attached hydrogens (tertiary/aromatic N) is 2. The van der Waals surface area contributed by atoms with Gasteiger partial charge in [-0.25, -0.2) is 8.42 Å². The second kappa shape index (κ2) is 6.25.